The average Bonchev–Trinajstić information content (AvgIpc) is 2.75. The van der Waals surface area contributed by atoms with Gasteiger partial charge in [-0.15, -0.1) is 0 Å². The fraction of sp³-hybridized carbons (Fsp3) is 0.368. The number of nitrogens with one attached hydrogen (secondary N) is 2. The molecule has 3 rings (SSSR count). The molecule has 148 valence electrons. The third kappa shape index (κ3) is 5.40. The van der Waals surface area contributed by atoms with Crippen molar-refractivity contribution in [2.24, 2.45) is 5.90 Å². The molecule has 0 atom stereocenters. The van der Waals surface area contributed by atoms with E-state index in [2.05, 4.69) is 30.3 Å². The second kappa shape index (κ2) is 9.65. The highest BCUT2D eigenvalue weighted by Gasteiger charge is 2.20. The number of aromatic nitrogens is 2. The van der Waals surface area contributed by atoms with Gasteiger partial charge in [-0.05, 0) is 37.1 Å². The summed E-state index contributed by atoms with van der Waals surface area (Å²) >= 11 is 0. The van der Waals surface area contributed by atoms with Crippen molar-refractivity contribution in [3.63, 3.8) is 0 Å². The Labute approximate surface area is 163 Å². The summed E-state index contributed by atoms with van der Waals surface area (Å²) in [6, 6.07) is 9.59. The number of anilines is 2. The maximum atomic E-state index is 12.3. The van der Waals surface area contributed by atoms with Gasteiger partial charge in [0, 0.05) is 49.3 Å². The predicted molar refractivity (Wildman–Crippen MR) is 105 cm³/mol. The molecule has 2 aromatic rings. The summed E-state index contributed by atoms with van der Waals surface area (Å²) < 4.78 is 0. The molecule has 0 saturated carbocycles. The van der Waals surface area contributed by atoms with Crippen molar-refractivity contribution >= 4 is 23.5 Å². The highest BCUT2D eigenvalue weighted by Crippen LogP contribution is 2.22. The molecule has 0 bridgehead atoms. The molecular formula is C19H24N6O3. The number of nitrogens with two attached hydrogens (primary N) is 1. The lowest BCUT2D eigenvalue weighted by Gasteiger charge is -2.34. The summed E-state index contributed by atoms with van der Waals surface area (Å²) in [6.07, 6.45) is 5.39. The van der Waals surface area contributed by atoms with Gasteiger partial charge >= 0.3 is 5.97 Å². The molecule has 0 spiro atoms. The zero-order valence-corrected chi connectivity index (χ0v) is 15.5. The third-order valence-electron chi connectivity index (χ3n) is 4.61. The summed E-state index contributed by atoms with van der Waals surface area (Å²) in [7, 11) is 0. The number of hydrogen-bond donors (Lipinski definition) is 3. The van der Waals surface area contributed by atoms with Crippen molar-refractivity contribution in [1.29, 1.82) is 0 Å². The van der Waals surface area contributed by atoms with Crippen LogP contribution in [-0.4, -0.2) is 47.5 Å². The largest absolute Gasteiger partial charge is 0.373 e. The Morgan fingerprint density at radius 3 is 2.64 bits per heavy atom. The molecule has 9 heteroatoms. The lowest BCUT2D eigenvalue weighted by molar-refractivity contribution is -0.144. The molecule has 0 radical (unpaired) electrons. The van der Waals surface area contributed by atoms with Gasteiger partial charge in [0.2, 0.25) is 5.95 Å². The van der Waals surface area contributed by atoms with Gasteiger partial charge in [-0.3, -0.25) is 9.59 Å². The maximum Gasteiger partial charge on any atom is 0.326 e. The number of carbonyl (C=O) groups excluding carboxylic acids is 2. The summed E-state index contributed by atoms with van der Waals surface area (Å²) in [5.41, 5.74) is 1.56. The molecule has 1 aromatic heterocycles. The van der Waals surface area contributed by atoms with Gasteiger partial charge in [-0.2, -0.15) is 5.90 Å². The van der Waals surface area contributed by atoms with Crippen LogP contribution < -0.4 is 21.4 Å². The van der Waals surface area contributed by atoms with Crippen LogP contribution in [0.4, 0.5) is 11.6 Å². The van der Waals surface area contributed by atoms with Crippen molar-refractivity contribution in [1.82, 2.24) is 15.3 Å². The molecule has 1 fully saturated rings. The van der Waals surface area contributed by atoms with Gasteiger partial charge < -0.3 is 20.4 Å². The molecular weight excluding hydrogens is 360 g/mol. The normalized spacial score (nSPS) is 14.4. The van der Waals surface area contributed by atoms with Crippen LogP contribution in [0.15, 0.2) is 42.7 Å². The van der Waals surface area contributed by atoms with Gasteiger partial charge in [0.25, 0.3) is 5.91 Å². The Bertz CT molecular complexity index is 793. The lowest BCUT2D eigenvalue weighted by Crippen LogP contribution is -2.39. The minimum atomic E-state index is -0.563. The molecule has 1 amide bonds. The van der Waals surface area contributed by atoms with Crippen molar-refractivity contribution in [3.8, 4) is 0 Å². The minimum absolute atomic E-state index is 0.0353. The van der Waals surface area contributed by atoms with E-state index >= 15 is 0 Å². The number of rotatable bonds is 7. The third-order valence-corrected chi connectivity index (χ3v) is 4.61. The second-order valence-electron chi connectivity index (χ2n) is 6.52. The van der Waals surface area contributed by atoms with Crippen LogP contribution in [-0.2, 0) is 9.63 Å². The Morgan fingerprint density at radius 2 is 1.93 bits per heavy atom. The van der Waals surface area contributed by atoms with Crippen LogP contribution in [0.1, 0.15) is 29.6 Å². The van der Waals surface area contributed by atoms with Crippen LogP contribution >= 0.6 is 0 Å². The van der Waals surface area contributed by atoms with Gasteiger partial charge in [-0.1, -0.05) is 6.07 Å². The number of nitrogens with zero attached hydrogens (tertiary/aromatic N) is 3. The monoisotopic (exact) mass is 384 g/mol. The minimum Gasteiger partial charge on any atom is -0.373 e. The van der Waals surface area contributed by atoms with E-state index in [1.807, 2.05) is 18.2 Å². The molecule has 0 aliphatic carbocycles. The zero-order valence-electron chi connectivity index (χ0n) is 15.5. The van der Waals surface area contributed by atoms with E-state index in [0.29, 0.717) is 17.6 Å². The first-order valence-corrected chi connectivity index (χ1v) is 9.22. The average molecular weight is 384 g/mol. The number of carbonyl (C=O) groups is 2. The van der Waals surface area contributed by atoms with Gasteiger partial charge in [0.05, 0.1) is 6.42 Å². The molecule has 2 heterocycles. The number of amides is 1. The van der Waals surface area contributed by atoms with Gasteiger partial charge in [0.15, 0.2) is 0 Å². The SMILES string of the molecule is NOC(=O)CCNC(=O)c1cccc(N2CCC(Nc3ncccn3)CC2)c1. The topological polar surface area (TPSA) is 122 Å². The highest BCUT2D eigenvalue weighted by atomic mass is 16.7. The molecule has 1 saturated heterocycles. The van der Waals surface area contributed by atoms with Crippen molar-refractivity contribution in [3.05, 3.63) is 48.3 Å². The van der Waals surface area contributed by atoms with Crippen LogP contribution in [0.25, 0.3) is 0 Å². The first kappa shape index (κ1) is 19.6. The summed E-state index contributed by atoms with van der Waals surface area (Å²) in [6.45, 7) is 1.92. The maximum absolute atomic E-state index is 12.3. The van der Waals surface area contributed by atoms with E-state index in [1.54, 1.807) is 24.5 Å². The van der Waals surface area contributed by atoms with Crippen molar-refractivity contribution in [2.45, 2.75) is 25.3 Å². The second-order valence-corrected chi connectivity index (χ2v) is 6.52. The van der Waals surface area contributed by atoms with Crippen LogP contribution in [0, 0.1) is 0 Å². The Morgan fingerprint density at radius 1 is 1.18 bits per heavy atom. The number of piperidine rings is 1. The van der Waals surface area contributed by atoms with E-state index in [1.165, 1.54) is 0 Å². The Kier molecular flexibility index (Phi) is 6.74. The molecule has 0 unspecified atom stereocenters. The molecule has 28 heavy (non-hydrogen) atoms. The number of benzene rings is 1. The number of hydrogen-bond acceptors (Lipinski definition) is 8. The first-order valence-electron chi connectivity index (χ1n) is 9.22. The van der Waals surface area contributed by atoms with Crippen LogP contribution in [0.3, 0.4) is 0 Å². The van der Waals surface area contributed by atoms with E-state index in [9.17, 15) is 9.59 Å². The summed E-state index contributed by atoms with van der Waals surface area (Å²) in [5.74, 6) is 4.63. The van der Waals surface area contributed by atoms with E-state index in [-0.39, 0.29) is 18.9 Å². The molecule has 1 aliphatic rings. The highest BCUT2D eigenvalue weighted by molar-refractivity contribution is 5.95. The van der Waals surface area contributed by atoms with Gasteiger partial charge in [-0.25, -0.2) is 9.97 Å². The van der Waals surface area contributed by atoms with Gasteiger partial charge in [0.1, 0.15) is 0 Å². The standard InChI is InChI=1S/C19H24N6O3/c20-28-17(26)5-10-21-18(27)14-3-1-4-16(13-14)25-11-6-15(7-12-25)24-19-22-8-2-9-23-19/h1-4,8-9,13,15H,5-7,10-12,20H2,(H,21,27)(H,22,23,24). The van der Waals surface area contributed by atoms with E-state index in [4.69, 9.17) is 5.90 Å². The molecule has 1 aromatic carbocycles. The first-order chi connectivity index (χ1) is 13.7. The van der Waals surface area contributed by atoms with Crippen LogP contribution in [0.5, 0.6) is 0 Å². The lowest BCUT2D eigenvalue weighted by atomic mass is 10.0. The molecule has 4 N–H and O–H groups in total. The summed E-state index contributed by atoms with van der Waals surface area (Å²) in [5, 5.41) is 6.05. The molecule has 1 aliphatic heterocycles. The fourth-order valence-electron chi connectivity index (χ4n) is 3.12. The summed E-state index contributed by atoms with van der Waals surface area (Å²) in [4.78, 5) is 38.0. The fourth-order valence-corrected chi connectivity index (χ4v) is 3.12. The van der Waals surface area contributed by atoms with E-state index in [0.717, 1.165) is 31.6 Å². The van der Waals surface area contributed by atoms with Crippen LogP contribution in [0.2, 0.25) is 0 Å². The van der Waals surface area contributed by atoms with Crippen molar-refractivity contribution in [2.75, 3.05) is 29.9 Å². The Hall–Kier alpha value is -3.20. The van der Waals surface area contributed by atoms with Crippen molar-refractivity contribution < 1.29 is 14.4 Å². The Balaban J connectivity index is 1.51. The zero-order chi connectivity index (χ0) is 19.8. The predicted octanol–water partition coefficient (Wildman–Crippen LogP) is 1.09. The quantitative estimate of drug-likeness (QED) is 0.607. The smallest absolute Gasteiger partial charge is 0.326 e. The molecule has 9 nitrogen and oxygen atoms in total. The van der Waals surface area contributed by atoms with E-state index < -0.39 is 5.97 Å².